The summed E-state index contributed by atoms with van der Waals surface area (Å²) < 4.78 is 0. The summed E-state index contributed by atoms with van der Waals surface area (Å²) in [5.74, 6) is 0. The summed E-state index contributed by atoms with van der Waals surface area (Å²) in [7, 11) is 2.24. The molecule has 2 nitrogen and oxygen atoms in total. The first kappa shape index (κ1) is 11.0. The van der Waals surface area contributed by atoms with Gasteiger partial charge in [-0.1, -0.05) is 13.8 Å². The van der Waals surface area contributed by atoms with Crippen LogP contribution in [0.2, 0.25) is 0 Å². The smallest absolute Gasteiger partial charge is 0.0218 e. The van der Waals surface area contributed by atoms with Crippen LogP contribution in [0.25, 0.3) is 0 Å². The number of likely N-dealkylation sites (N-methyl/N-ethyl adjacent to an activating group) is 1. The molecule has 0 aromatic carbocycles. The molecule has 1 saturated heterocycles. The van der Waals surface area contributed by atoms with Gasteiger partial charge in [-0.2, -0.15) is 0 Å². The van der Waals surface area contributed by atoms with Gasteiger partial charge in [0.1, 0.15) is 0 Å². The van der Waals surface area contributed by atoms with Crippen LogP contribution in [0.3, 0.4) is 0 Å². The van der Waals surface area contributed by atoms with Gasteiger partial charge in [0.05, 0.1) is 0 Å². The topological polar surface area (TPSA) is 15.3 Å². The quantitative estimate of drug-likeness (QED) is 0.701. The number of nitrogens with one attached hydrogen (secondary N) is 1. The Morgan fingerprint density at radius 3 is 2.54 bits per heavy atom. The molecule has 13 heavy (non-hydrogen) atoms. The van der Waals surface area contributed by atoms with Gasteiger partial charge in [0.15, 0.2) is 0 Å². The van der Waals surface area contributed by atoms with Gasteiger partial charge in [0.25, 0.3) is 0 Å². The van der Waals surface area contributed by atoms with E-state index in [2.05, 4.69) is 31.1 Å². The molecule has 1 unspecified atom stereocenters. The first-order valence-corrected chi connectivity index (χ1v) is 5.71. The van der Waals surface area contributed by atoms with Gasteiger partial charge in [-0.25, -0.2) is 0 Å². The molecule has 1 N–H and O–H groups in total. The lowest BCUT2D eigenvalue weighted by Crippen LogP contribution is -2.39. The number of rotatable bonds is 5. The van der Waals surface area contributed by atoms with E-state index < -0.39 is 0 Å². The monoisotopic (exact) mass is 184 g/mol. The zero-order valence-corrected chi connectivity index (χ0v) is 9.34. The molecule has 1 aliphatic heterocycles. The van der Waals surface area contributed by atoms with E-state index in [0.717, 1.165) is 12.1 Å². The number of nitrogens with zero attached hydrogens (tertiary/aromatic N) is 1. The van der Waals surface area contributed by atoms with Crippen molar-refractivity contribution in [2.45, 2.75) is 51.6 Å². The Morgan fingerprint density at radius 1 is 1.38 bits per heavy atom. The Hall–Kier alpha value is -0.0800. The van der Waals surface area contributed by atoms with E-state index in [0.29, 0.717) is 0 Å². The first-order valence-electron chi connectivity index (χ1n) is 5.71. The molecule has 0 spiro atoms. The molecule has 0 aromatic rings. The second-order valence-electron chi connectivity index (χ2n) is 4.20. The van der Waals surface area contributed by atoms with E-state index in [-0.39, 0.29) is 0 Å². The van der Waals surface area contributed by atoms with Crippen molar-refractivity contribution in [2.24, 2.45) is 0 Å². The predicted octanol–water partition coefficient (Wildman–Crippen LogP) is 1.86. The zero-order valence-electron chi connectivity index (χ0n) is 9.34. The second-order valence-corrected chi connectivity index (χ2v) is 4.20. The Kier molecular flexibility index (Phi) is 4.74. The fourth-order valence-corrected chi connectivity index (χ4v) is 2.12. The summed E-state index contributed by atoms with van der Waals surface area (Å²) in [4.78, 5) is 2.48. The predicted molar refractivity (Wildman–Crippen MR) is 58.0 cm³/mol. The van der Waals surface area contributed by atoms with Crippen LogP contribution in [0, 0.1) is 0 Å². The minimum atomic E-state index is 0.731. The summed E-state index contributed by atoms with van der Waals surface area (Å²) in [5.41, 5.74) is 0. The van der Waals surface area contributed by atoms with Gasteiger partial charge in [0.2, 0.25) is 0 Å². The standard InChI is InChI=1S/C11H24N2/c1-4-10(5-2)12-9-11-7-6-8-13(11)3/h10-12H,4-9H2,1-3H3. The lowest BCUT2D eigenvalue weighted by atomic mass is 10.1. The van der Waals surface area contributed by atoms with Gasteiger partial charge in [-0.05, 0) is 39.3 Å². The fourth-order valence-electron chi connectivity index (χ4n) is 2.12. The average molecular weight is 184 g/mol. The minimum Gasteiger partial charge on any atom is -0.312 e. The van der Waals surface area contributed by atoms with Crippen molar-refractivity contribution < 1.29 is 0 Å². The maximum Gasteiger partial charge on any atom is 0.0218 e. The number of hydrogen-bond acceptors (Lipinski definition) is 2. The minimum absolute atomic E-state index is 0.731. The number of hydrogen-bond donors (Lipinski definition) is 1. The summed E-state index contributed by atoms with van der Waals surface area (Å²) in [5, 5.41) is 3.65. The van der Waals surface area contributed by atoms with Gasteiger partial charge < -0.3 is 10.2 Å². The fraction of sp³-hybridized carbons (Fsp3) is 1.00. The van der Waals surface area contributed by atoms with Gasteiger partial charge >= 0.3 is 0 Å². The van der Waals surface area contributed by atoms with Crippen molar-refractivity contribution in [2.75, 3.05) is 20.1 Å². The largest absolute Gasteiger partial charge is 0.312 e. The van der Waals surface area contributed by atoms with Crippen LogP contribution in [0.5, 0.6) is 0 Å². The second kappa shape index (κ2) is 5.61. The van der Waals surface area contributed by atoms with E-state index >= 15 is 0 Å². The third kappa shape index (κ3) is 3.28. The van der Waals surface area contributed by atoms with E-state index in [4.69, 9.17) is 0 Å². The highest BCUT2D eigenvalue weighted by Crippen LogP contribution is 2.13. The van der Waals surface area contributed by atoms with Crippen LogP contribution in [0.1, 0.15) is 39.5 Å². The maximum absolute atomic E-state index is 3.65. The molecule has 1 aliphatic rings. The van der Waals surface area contributed by atoms with Crippen LogP contribution in [0.15, 0.2) is 0 Å². The Labute approximate surface area is 82.7 Å². The molecule has 0 amide bonds. The highest BCUT2D eigenvalue weighted by Gasteiger charge is 2.20. The first-order chi connectivity index (χ1) is 6.27. The number of likely N-dealkylation sites (tertiary alicyclic amines) is 1. The molecule has 0 radical (unpaired) electrons. The zero-order chi connectivity index (χ0) is 9.68. The molecular weight excluding hydrogens is 160 g/mol. The van der Waals surface area contributed by atoms with Gasteiger partial charge in [-0.3, -0.25) is 0 Å². The third-order valence-corrected chi connectivity index (χ3v) is 3.30. The molecule has 1 fully saturated rings. The van der Waals surface area contributed by atoms with Crippen molar-refractivity contribution in [3.8, 4) is 0 Å². The molecule has 1 atom stereocenters. The van der Waals surface area contributed by atoms with Crippen molar-refractivity contribution in [3.63, 3.8) is 0 Å². The van der Waals surface area contributed by atoms with E-state index in [1.54, 1.807) is 0 Å². The van der Waals surface area contributed by atoms with E-state index in [1.165, 1.54) is 38.8 Å². The molecular formula is C11H24N2. The van der Waals surface area contributed by atoms with Crippen LogP contribution in [-0.2, 0) is 0 Å². The van der Waals surface area contributed by atoms with Crippen molar-refractivity contribution in [1.29, 1.82) is 0 Å². The van der Waals surface area contributed by atoms with E-state index in [1.807, 2.05) is 0 Å². The average Bonchev–Trinajstić information content (AvgIpc) is 2.54. The van der Waals surface area contributed by atoms with Crippen molar-refractivity contribution in [1.82, 2.24) is 10.2 Å². The highest BCUT2D eigenvalue weighted by atomic mass is 15.2. The molecule has 78 valence electrons. The summed E-state index contributed by atoms with van der Waals surface area (Å²) >= 11 is 0. The third-order valence-electron chi connectivity index (χ3n) is 3.30. The van der Waals surface area contributed by atoms with Crippen LogP contribution >= 0.6 is 0 Å². The lowest BCUT2D eigenvalue weighted by Gasteiger charge is -2.23. The molecule has 0 aliphatic carbocycles. The molecule has 1 rings (SSSR count). The van der Waals surface area contributed by atoms with Gasteiger partial charge in [-0.15, -0.1) is 0 Å². The SMILES string of the molecule is CCC(CC)NCC1CCCN1C. The molecule has 0 saturated carbocycles. The highest BCUT2D eigenvalue weighted by molar-refractivity contribution is 4.79. The Morgan fingerprint density at radius 2 is 2.08 bits per heavy atom. The summed E-state index contributed by atoms with van der Waals surface area (Å²) in [6, 6.07) is 1.52. The maximum atomic E-state index is 3.65. The normalized spacial score (nSPS) is 24.5. The summed E-state index contributed by atoms with van der Waals surface area (Å²) in [6.45, 7) is 7.00. The summed E-state index contributed by atoms with van der Waals surface area (Å²) in [6.07, 6.45) is 5.27. The van der Waals surface area contributed by atoms with Crippen LogP contribution < -0.4 is 5.32 Å². The molecule has 0 bridgehead atoms. The Balaban J connectivity index is 2.17. The van der Waals surface area contributed by atoms with Crippen LogP contribution in [0.4, 0.5) is 0 Å². The van der Waals surface area contributed by atoms with Crippen molar-refractivity contribution >= 4 is 0 Å². The molecule has 2 heteroatoms. The van der Waals surface area contributed by atoms with Crippen molar-refractivity contribution in [3.05, 3.63) is 0 Å². The van der Waals surface area contributed by atoms with Gasteiger partial charge in [0, 0.05) is 18.6 Å². The van der Waals surface area contributed by atoms with Crippen LogP contribution in [-0.4, -0.2) is 37.1 Å². The molecule has 0 aromatic heterocycles. The molecule has 1 heterocycles. The lowest BCUT2D eigenvalue weighted by molar-refractivity contribution is 0.288. The van der Waals surface area contributed by atoms with E-state index in [9.17, 15) is 0 Å². The Bertz CT molecular complexity index is 132.